The van der Waals surface area contributed by atoms with E-state index in [-0.39, 0.29) is 47.0 Å². The van der Waals surface area contributed by atoms with Crippen LogP contribution in [0.4, 0.5) is 0 Å². The lowest BCUT2D eigenvalue weighted by molar-refractivity contribution is -0.410. The molecule has 6 aliphatic heterocycles. The largest absolute Gasteiger partial charge is 0.479 e. The second-order valence-corrected chi connectivity index (χ2v) is 31.6. The first-order chi connectivity index (χ1) is 45.5. The molecule has 0 spiro atoms. The smallest absolute Gasteiger partial charge is 0.335 e. The molecule has 10 fully saturated rings. The zero-order valence-corrected chi connectivity index (χ0v) is 55.9. The van der Waals surface area contributed by atoms with Crippen LogP contribution in [0.25, 0.3) is 0 Å². The lowest BCUT2D eigenvalue weighted by Gasteiger charge is -2.72. The highest BCUT2D eigenvalue weighted by Crippen LogP contribution is 2.76. The molecule has 11 rings (SSSR count). The van der Waals surface area contributed by atoms with E-state index in [9.17, 15) is 102 Å². The molecule has 32 heteroatoms. The van der Waals surface area contributed by atoms with E-state index in [0.717, 1.165) is 12.8 Å². The third-order valence-corrected chi connectivity index (χ3v) is 25.5. The Balaban J connectivity index is 0.861. The number of hydrogen-bond donors (Lipinski definition) is 19. The maximum atomic E-state index is 12.9. The average Bonchev–Trinajstić information content (AvgIpc) is 0.675. The van der Waals surface area contributed by atoms with E-state index in [1.807, 2.05) is 6.92 Å². The highest BCUT2D eigenvalue weighted by Gasteiger charge is 2.71. The van der Waals surface area contributed by atoms with Gasteiger partial charge < -0.3 is 154 Å². The van der Waals surface area contributed by atoms with Crippen LogP contribution >= 0.6 is 0 Å². The summed E-state index contributed by atoms with van der Waals surface area (Å²) in [7, 11) is 0. The molecule has 6 heterocycles. The van der Waals surface area contributed by atoms with Crippen molar-refractivity contribution >= 4 is 5.97 Å². The molecule has 39 atom stereocenters. The van der Waals surface area contributed by atoms with Gasteiger partial charge >= 0.3 is 5.97 Å². The highest BCUT2D eigenvalue weighted by atomic mass is 16.8. The second kappa shape index (κ2) is 28.5. The summed E-state index contributed by atoms with van der Waals surface area (Å²) in [5, 5.41) is 208. The summed E-state index contributed by atoms with van der Waals surface area (Å²) in [6.45, 7) is 13.4. The SMILES string of the molecule is CC1OC(OC2C(OC3C(OC4CCC5(C)C(CCC6(C)C5CC=C5C7CC(C)(C)CC(OC8OCC(O)C(O)C8OC8OC(CO)C(O)C(O)C8O)C7(C)CCC56C)C4(C)CO)OC(C(=O)O)C(O)C3O)OC(CO)C(O)C2OC2OC(CO)C(O)C(O)C2O)C(O)C(O)C1O. The molecule has 11 aliphatic rings. The maximum Gasteiger partial charge on any atom is 0.335 e. The van der Waals surface area contributed by atoms with Crippen molar-refractivity contribution in [2.24, 2.45) is 50.2 Å². The molecule has 97 heavy (non-hydrogen) atoms. The number of carboxylic acids is 1. The van der Waals surface area contributed by atoms with Crippen LogP contribution in [-0.2, 0) is 61.6 Å². The van der Waals surface area contributed by atoms with Crippen LogP contribution in [0.3, 0.4) is 0 Å². The third kappa shape index (κ3) is 13.0. The molecule has 19 N–H and O–H groups in total. The second-order valence-electron chi connectivity index (χ2n) is 31.6. The fourth-order valence-corrected chi connectivity index (χ4v) is 19.3. The van der Waals surface area contributed by atoms with Crippen LogP contribution in [0.1, 0.15) is 113 Å². The quantitative estimate of drug-likeness (QED) is 0.0478. The van der Waals surface area contributed by atoms with Gasteiger partial charge in [0.05, 0.1) is 51.3 Å². The van der Waals surface area contributed by atoms with Gasteiger partial charge in [0.2, 0.25) is 0 Å². The van der Waals surface area contributed by atoms with Gasteiger partial charge in [0.25, 0.3) is 0 Å². The molecule has 0 radical (unpaired) electrons. The molecule has 0 amide bonds. The molecule has 32 nitrogen and oxygen atoms in total. The maximum absolute atomic E-state index is 12.9. The summed E-state index contributed by atoms with van der Waals surface area (Å²) in [5.41, 5.74) is -1.83. The Morgan fingerprint density at radius 3 is 1.58 bits per heavy atom. The average molecular weight is 1400 g/mol. The van der Waals surface area contributed by atoms with Gasteiger partial charge in [-0.2, -0.15) is 0 Å². The first-order valence-corrected chi connectivity index (χ1v) is 34.2. The van der Waals surface area contributed by atoms with E-state index in [0.29, 0.717) is 38.5 Å². The van der Waals surface area contributed by atoms with Gasteiger partial charge in [-0.25, -0.2) is 4.79 Å². The van der Waals surface area contributed by atoms with Crippen molar-refractivity contribution in [2.45, 2.75) is 304 Å². The Labute approximate surface area is 561 Å². The third-order valence-electron chi connectivity index (χ3n) is 25.5. The van der Waals surface area contributed by atoms with Crippen LogP contribution in [0.15, 0.2) is 11.6 Å². The van der Waals surface area contributed by atoms with Crippen LogP contribution in [-0.4, -0.2) is 326 Å². The molecule has 558 valence electrons. The Bertz CT molecular complexity index is 2730. The Kier molecular flexibility index (Phi) is 22.4. The van der Waals surface area contributed by atoms with Crippen molar-refractivity contribution in [3.63, 3.8) is 0 Å². The summed E-state index contributed by atoms with van der Waals surface area (Å²) in [6, 6.07) is 0. The minimum absolute atomic E-state index is 0.0210. The predicted octanol–water partition coefficient (Wildman–Crippen LogP) is -5.18. The van der Waals surface area contributed by atoms with Crippen molar-refractivity contribution in [1.29, 1.82) is 0 Å². The van der Waals surface area contributed by atoms with Crippen molar-refractivity contribution in [2.75, 3.05) is 33.0 Å². The molecular weight excluding hydrogens is 1290 g/mol. The van der Waals surface area contributed by atoms with Gasteiger partial charge in [-0.15, -0.1) is 0 Å². The van der Waals surface area contributed by atoms with Crippen molar-refractivity contribution in [3.8, 4) is 0 Å². The topological polar surface area (TPSA) is 512 Å². The molecule has 6 saturated heterocycles. The van der Waals surface area contributed by atoms with Gasteiger partial charge in [0.15, 0.2) is 43.8 Å². The first-order valence-electron chi connectivity index (χ1n) is 34.2. The summed E-state index contributed by atoms with van der Waals surface area (Å²) in [6.07, 6.45) is -46.2. The number of carbonyl (C=O) groups is 1. The Morgan fingerprint density at radius 2 is 0.990 bits per heavy atom. The summed E-state index contributed by atoms with van der Waals surface area (Å²) < 4.78 is 74.0. The standard InChI is InChI=1S/C65H106O32/c1-24-35(71)40(76)45(81)54(87-24)97-52-48(93-55-46(82)41(77)37(73)28(19-66)88-55)39(75)30(21-68)90-59(52)96-51-44(80)43(79)49(53(84)85)94-58(51)91-33-12-13-62(5)31(63(33,6)23-69)11-14-65(8)32(62)10-9-25-26-17-60(2,3)18-34(61(26,4)15-16-64(25,65)7)92-57-50(36(72)27(70)22-86-57)95-56-47(83)42(78)38(74)29(20-67)89-56/h9,24,26-52,54-59,66-83H,10-23H2,1-8H3,(H,84,85). The van der Waals surface area contributed by atoms with Crippen molar-refractivity contribution in [1.82, 2.24) is 0 Å². The summed E-state index contributed by atoms with van der Waals surface area (Å²) in [5.74, 6) is -1.97. The number of carboxylic acid groups (broad SMARTS) is 1. The molecule has 0 aromatic heterocycles. The molecule has 5 aliphatic carbocycles. The number of rotatable bonds is 17. The van der Waals surface area contributed by atoms with E-state index in [2.05, 4.69) is 47.6 Å². The van der Waals surface area contributed by atoms with Crippen LogP contribution < -0.4 is 0 Å². The zero-order valence-electron chi connectivity index (χ0n) is 55.9. The van der Waals surface area contributed by atoms with Gasteiger partial charge in [-0.05, 0) is 104 Å². The van der Waals surface area contributed by atoms with Crippen LogP contribution in [0.5, 0.6) is 0 Å². The van der Waals surface area contributed by atoms with E-state index < -0.39 is 239 Å². The minimum Gasteiger partial charge on any atom is -0.479 e. The Morgan fingerprint density at radius 1 is 0.474 bits per heavy atom. The summed E-state index contributed by atoms with van der Waals surface area (Å²) >= 11 is 0. The van der Waals surface area contributed by atoms with Crippen molar-refractivity contribution < 1.29 is 159 Å². The summed E-state index contributed by atoms with van der Waals surface area (Å²) in [4.78, 5) is 12.9. The van der Waals surface area contributed by atoms with Gasteiger partial charge in [0, 0.05) is 10.8 Å². The fourth-order valence-electron chi connectivity index (χ4n) is 19.3. The number of aliphatic hydroxyl groups is 18. The zero-order chi connectivity index (χ0) is 70.9. The van der Waals surface area contributed by atoms with E-state index >= 15 is 0 Å². The monoisotopic (exact) mass is 1400 g/mol. The van der Waals surface area contributed by atoms with E-state index in [4.69, 9.17) is 56.8 Å². The fraction of sp³-hybridized carbons (Fsp3) is 0.954. The lowest BCUT2D eigenvalue weighted by Crippen LogP contribution is -2.69. The molecule has 0 bridgehead atoms. The molecule has 39 unspecified atom stereocenters. The number of fused-ring (bicyclic) bond motifs is 7. The Hall–Kier alpha value is -1.99. The van der Waals surface area contributed by atoms with Gasteiger partial charge in [0.1, 0.15) is 128 Å². The normalized spacial score (nSPS) is 55.5. The predicted molar refractivity (Wildman–Crippen MR) is 322 cm³/mol. The molecule has 0 aromatic carbocycles. The van der Waals surface area contributed by atoms with Crippen LogP contribution in [0.2, 0.25) is 0 Å². The van der Waals surface area contributed by atoms with Gasteiger partial charge in [-0.3, -0.25) is 0 Å². The number of hydrogen-bond acceptors (Lipinski definition) is 31. The highest BCUT2D eigenvalue weighted by molar-refractivity contribution is 5.73. The van der Waals surface area contributed by atoms with Crippen molar-refractivity contribution in [3.05, 3.63) is 11.6 Å². The van der Waals surface area contributed by atoms with E-state index in [1.54, 1.807) is 0 Å². The first kappa shape index (κ1) is 76.1. The molecule has 4 saturated carbocycles. The van der Waals surface area contributed by atoms with E-state index in [1.165, 1.54) is 12.5 Å². The van der Waals surface area contributed by atoms with Crippen LogP contribution in [0, 0.1) is 50.2 Å². The number of ether oxygens (including phenoxy) is 12. The number of aliphatic hydroxyl groups excluding tert-OH is 18. The van der Waals surface area contributed by atoms with Gasteiger partial charge in [-0.1, -0.05) is 60.1 Å². The number of aliphatic carboxylic acids is 1. The minimum atomic E-state index is -2.24. The molecule has 0 aromatic rings. The lowest BCUT2D eigenvalue weighted by atomic mass is 9.33. The number of allylic oxidation sites excluding steroid dienone is 2. The molecular formula is C65H106O32.